The van der Waals surface area contributed by atoms with Crippen molar-refractivity contribution in [2.24, 2.45) is 0 Å². The Morgan fingerprint density at radius 3 is 2.71 bits per heavy atom. The molecule has 110 valence electrons. The molecular weight excluding hydrogens is 264 g/mol. The minimum Gasteiger partial charge on any atom is -0.493 e. The summed E-state index contributed by atoms with van der Waals surface area (Å²) in [5, 5.41) is 2.76. The Hall–Kier alpha value is -2.36. The van der Waals surface area contributed by atoms with Crippen LogP contribution in [0.3, 0.4) is 0 Å². The third kappa shape index (κ3) is 4.60. The number of benzene rings is 1. The average molecular weight is 284 g/mol. The second-order valence-electron chi connectivity index (χ2n) is 5.08. The van der Waals surface area contributed by atoms with Crippen molar-refractivity contribution in [3.8, 4) is 5.75 Å². The number of hydrogen-bond acceptors (Lipinski definition) is 3. The van der Waals surface area contributed by atoms with Gasteiger partial charge in [0.15, 0.2) is 0 Å². The first-order chi connectivity index (χ1) is 10.0. The van der Waals surface area contributed by atoms with E-state index in [-0.39, 0.29) is 5.91 Å². The van der Waals surface area contributed by atoms with Crippen LogP contribution in [-0.2, 0) is 4.79 Å². The Balaban J connectivity index is 1.81. The molecule has 21 heavy (non-hydrogen) atoms. The average Bonchev–Trinajstić information content (AvgIpc) is 2.41. The molecule has 0 radical (unpaired) electrons. The van der Waals surface area contributed by atoms with Crippen LogP contribution in [0, 0.1) is 20.8 Å². The van der Waals surface area contributed by atoms with Gasteiger partial charge >= 0.3 is 0 Å². The smallest absolute Gasteiger partial charge is 0.228 e. The zero-order valence-electron chi connectivity index (χ0n) is 12.6. The van der Waals surface area contributed by atoms with E-state index >= 15 is 0 Å². The van der Waals surface area contributed by atoms with E-state index in [0.717, 1.165) is 17.0 Å². The number of aromatic nitrogens is 1. The minimum absolute atomic E-state index is 0.0992. The van der Waals surface area contributed by atoms with E-state index in [0.29, 0.717) is 18.8 Å². The molecule has 2 rings (SSSR count). The Kier molecular flexibility index (Phi) is 4.93. The van der Waals surface area contributed by atoms with Crippen LogP contribution in [0.15, 0.2) is 36.4 Å². The van der Waals surface area contributed by atoms with E-state index in [1.807, 2.05) is 45.0 Å². The normalized spacial score (nSPS) is 10.2. The van der Waals surface area contributed by atoms with Gasteiger partial charge in [-0.2, -0.15) is 0 Å². The number of pyridine rings is 1. The molecule has 0 saturated carbocycles. The first kappa shape index (κ1) is 15.0. The summed E-state index contributed by atoms with van der Waals surface area (Å²) in [5.41, 5.74) is 3.15. The molecule has 1 heterocycles. The Morgan fingerprint density at radius 1 is 1.19 bits per heavy atom. The lowest BCUT2D eigenvalue weighted by Crippen LogP contribution is -2.16. The maximum absolute atomic E-state index is 11.8. The molecule has 0 unspecified atom stereocenters. The number of amides is 1. The Labute approximate surface area is 125 Å². The van der Waals surface area contributed by atoms with Gasteiger partial charge < -0.3 is 10.1 Å². The predicted octanol–water partition coefficient (Wildman–Crippen LogP) is 3.41. The van der Waals surface area contributed by atoms with Gasteiger partial charge in [-0.3, -0.25) is 4.79 Å². The van der Waals surface area contributed by atoms with Crippen LogP contribution >= 0.6 is 0 Å². The molecule has 0 bridgehead atoms. The highest BCUT2D eigenvalue weighted by atomic mass is 16.5. The van der Waals surface area contributed by atoms with Crippen LogP contribution < -0.4 is 10.1 Å². The largest absolute Gasteiger partial charge is 0.493 e. The van der Waals surface area contributed by atoms with Crippen LogP contribution in [0.2, 0.25) is 0 Å². The van der Waals surface area contributed by atoms with Gasteiger partial charge in [-0.25, -0.2) is 4.98 Å². The Bertz CT molecular complexity index is 638. The lowest BCUT2D eigenvalue weighted by Gasteiger charge is -2.10. The number of nitrogens with zero attached hydrogens (tertiary/aromatic N) is 1. The third-order valence-electron chi connectivity index (χ3n) is 3.07. The monoisotopic (exact) mass is 284 g/mol. The van der Waals surface area contributed by atoms with Crippen molar-refractivity contribution in [1.29, 1.82) is 0 Å². The van der Waals surface area contributed by atoms with E-state index in [2.05, 4.69) is 16.4 Å². The summed E-state index contributed by atoms with van der Waals surface area (Å²) in [6.45, 7) is 6.28. The highest BCUT2D eigenvalue weighted by molar-refractivity contribution is 5.89. The molecule has 4 nitrogen and oxygen atoms in total. The molecule has 0 aliphatic rings. The highest BCUT2D eigenvalue weighted by Crippen LogP contribution is 2.18. The minimum atomic E-state index is -0.0992. The van der Waals surface area contributed by atoms with Gasteiger partial charge in [-0.05, 0) is 44.5 Å². The summed E-state index contributed by atoms with van der Waals surface area (Å²) in [7, 11) is 0. The predicted molar refractivity (Wildman–Crippen MR) is 83.6 cm³/mol. The van der Waals surface area contributed by atoms with Crippen molar-refractivity contribution in [3.05, 3.63) is 53.2 Å². The van der Waals surface area contributed by atoms with Crippen molar-refractivity contribution < 1.29 is 9.53 Å². The third-order valence-corrected chi connectivity index (χ3v) is 3.07. The molecule has 4 heteroatoms. The molecule has 1 amide bonds. The summed E-state index contributed by atoms with van der Waals surface area (Å²) in [6.07, 6.45) is 0.295. The van der Waals surface area contributed by atoms with Crippen LogP contribution in [0.4, 0.5) is 5.82 Å². The number of nitrogens with one attached hydrogen (secondary N) is 1. The molecule has 0 atom stereocenters. The SMILES string of the molecule is Cc1ccc(OCCC(=O)Nc2cccc(C)n2)c(C)c1. The maximum atomic E-state index is 11.8. The van der Waals surface area contributed by atoms with E-state index in [4.69, 9.17) is 4.74 Å². The van der Waals surface area contributed by atoms with Crippen LogP contribution in [0.5, 0.6) is 5.75 Å². The fourth-order valence-corrected chi connectivity index (χ4v) is 2.03. The number of ether oxygens (including phenoxy) is 1. The lowest BCUT2D eigenvalue weighted by atomic mass is 10.1. The Morgan fingerprint density at radius 2 is 2.00 bits per heavy atom. The number of hydrogen-bond donors (Lipinski definition) is 1. The molecule has 1 aromatic heterocycles. The summed E-state index contributed by atoms with van der Waals surface area (Å²) in [4.78, 5) is 16.1. The summed E-state index contributed by atoms with van der Waals surface area (Å²) in [5.74, 6) is 1.30. The first-order valence-corrected chi connectivity index (χ1v) is 6.98. The van der Waals surface area contributed by atoms with Crippen molar-refractivity contribution in [1.82, 2.24) is 4.98 Å². The molecule has 1 aromatic carbocycles. The van der Waals surface area contributed by atoms with Crippen molar-refractivity contribution in [2.45, 2.75) is 27.2 Å². The topological polar surface area (TPSA) is 51.2 Å². The summed E-state index contributed by atoms with van der Waals surface area (Å²) in [6, 6.07) is 11.5. The van der Waals surface area contributed by atoms with E-state index in [1.165, 1.54) is 5.56 Å². The van der Waals surface area contributed by atoms with E-state index < -0.39 is 0 Å². The van der Waals surface area contributed by atoms with E-state index in [9.17, 15) is 4.79 Å². The maximum Gasteiger partial charge on any atom is 0.228 e. The van der Waals surface area contributed by atoms with Gasteiger partial charge in [0.2, 0.25) is 5.91 Å². The van der Waals surface area contributed by atoms with Crippen LogP contribution in [0.1, 0.15) is 23.2 Å². The second-order valence-corrected chi connectivity index (χ2v) is 5.08. The van der Waals surface area contributed by atoms with Gasteiger partial charge in [0.05, 0.1) is 13.0 Å². The van der Waals surface area contributed by atoms with Gasteiger partial charge in [-0.15, -0.1) is 0 Å². The summed E-state index contributed by atoms with van der Waals surface area (Å²) < 4.78 is 5.64. The lowest BCUT2D eigenvalue weighted by molar-refractivity contribution is -0.116. The van der Waals surface area contributed by atoms with Crippen LogP contribution in [0.25, 0.3) is 0 Å². The van der Waals surface area contributed by atoms with Crippen molar-refractivity contribution >= 4 is 11.7 Å². The quantitative estimate of drug-likeness (QED) is 0.915. The van der Waals surface area contributed by atoms with Gasteiger partial charge in [0.1, 0.15) is 11.6 Å². The van der Waals surface area contributed by atoms with Crippen LogP contribution in [-0.4, -0.2) is 17.5 Å². The zero-order valence-corrected chi connectivity index (χ0v) is 12.6. The second kappa shape index (κ2) is 6.88. The molecule has 1 N–H and O–H groups in total. The molecule has 0 spiro atoms. The van der Waals surface area contributed by atoms with Gasteiger partial charge in [0.25, 0.3) is 0 Å². The molecule has 0 saturated heterocycles. The molecule has 0 fully saturated rings. The number of rotatable bonds is 5. The number of aryl methyl sites for hydroxylation is 3. The van der Waals surface area contributed by atoms with Crippen molar-refractivity contribution in [2.75, 3.05) is 11.9 Å². The van der Waals surface area contributed by atoms with E-state index in [1.54, 1.807) is 6.07 Å². The highest BCUT2D eigenvalue weighted by Gasteiger charge is 2.05. The number of carbonyl (C=O) groups is 1. The molecular formula is C17H20N2O2. The van der Waals surface area contributed by atoms with Gasteiger partial charge in [-0.1, -0.05) is 23.8 Å². The first-order valence-electron chi connectivity index (χ1n) is 6.98. The van der Waals surface area contributed by atoms with Gasteiger partial charge in [0, 0.05) is 5.69 Å². The number of carbonyl (C=O) groups excluding carboxylic acids is 1. The zero-order chi connectivity index (χ0) is 15.2. The molecule has 2 aromatic rings. The molecule has 0 aliphatic carbocycles. The summed E-state index contributed by atoms with van der Waals surface area (Å²) >= 11 is 0. The standard InChI is InChI=1S/C17H20N2O2/c1-12-7-8-15(13(2)11-12)21-10-9-17(20)19-16-6-4-5-14(3)18-16/h4-8,11H,9-10H2,1-3H3,(H,18,19,20). The number of anilines is 1. The fourth-order valence-electron chi connectivity index (χ4n) is 2.03. The fraction of sp³-hybridized carbons (Fsp3) is 0.294. The molecule has 0 aliphatic heterocycles. The van der Waals surface area contributed by atoms with Crippen molar-refractivity contribution in [3.63, 3.8) is 0 Å².